The van der Waals surface area contributed by atoms with Gasteiger partial charge in [0, 0.05) is 65.6 Å². The van der Waals surface area contributed by atoms with Crippen LogP contribution in [0.2, 0.25) is 0 Å². The van der Waals surface area contributed by atoms with E-state index >= 15 is 0 Å². The molecule has 0 saturated heterocycles. The fourth-order valence-corrected chi connectivity index (χ4v) is 12.7. The third-order valence-corrected chi connectivity index (χ3v) is 16.1. The van der Waals surface area contributed by atoms with Gasteiger partial charge in [0.05, 0.1) is 77.8 Å². The molecule has 0 spiro atoms. The van der Waals surface area contributed by atoms with Gasteiger partial charge in [-0.25, -0.2) is 0 Å². The van der Waals surface area contributed by atoms with Crippen LogP contribution in [-0.4, -0.2) is 18.3 Å². The second-order valence-corrected chi connectivity index (χ2v) is 20.4. The summed E-state index contributed by atoms with van der Waals surface area (Å²) < 4.78 is 96.1. The van der Waals surface area contributed by atoms with E-state index in [1.165, 1.54) is 12.1 Å². The number of hydrogen-bond acceptors (Lipinski definition) is 2. The summed E-state index contributed by atoms with van der Waals surface area (Å²) in [7, 11) is 0. The Morgan fingerprint density at radius 2 is 0.549 bits per heavy atom. The highest BCUT2D eigenvalue weighted by atomic mass is 19.4. The lowest BCUT2D eigenvalue weighted by atomic mass is 9.86. The van der Waals surface area contributed by atoms with Gasteiger partial charge >= 0.3 is 12.4 Å². The Labute approximate surface area is 462 Å². The van der Waals surface area contributed by atoms with Crippen molar-refractivity contribution in [2.75, 3.05) is 0 Å². The molecule has 390 valence electrons. The summed E-state index contributed by atoms with van der Waals surface area (Å²) in [6.45, 7) is 0. The molecule has 0 amide bonds. The van der Waals surface area contributed by atoms with Crippen molar-refractivity contribution >= 4 is 87.2 Å². The van der Waals surface area contributed by atoms with Crippen molar-refractivity contribution in [1.82, 2.24) is 18.3 Å². The summed E-state index contributed by atoms with van der Waals surface area (Å²) in [6, 6.07) is 74.0. The first-order valence-electron chi connectivity index (χ1n) is 26.3. The number of halogens is 6. The Balaban J connectivity index is 1.11. The number of fused-ring (bicyclic) bond motifs is 12. The molecule has 0 radical (unpaired) electrons. The standard InChI is InChI=1S/C70H38F6N6/c71-69(72,73)43-29-35-63-53(37-43)51-17-5-11-23-61(51)81(63)67-55(39-77)65(41-25-31-45(32-26-41)79-57-19-7-1-13-47(57)48-14-2-8-20-58(48)79)68(82-62-24-12-6-18-52(62)54-38-44(70(74,75)76)30-36-64(54)82)66(56(67)40-78)42-27-33-46(34-28-42)80-59-21-9-3-15-49(59)50-16-4-10-22-60(50)80/h1-38H. The molecule has 4 aromatic heterocycles. The van der Waals surface area contributed by atoms with Crippen LogP contribution in [0, 0.1) is 22.7 Å². The van der Waals surface area contributed by atoms with E-state index in [0.717, 1.165) is 79.3 Å². The van der Waals surface area contributed by atoms with Crippen LogP contribution >= 0.6 is 0 Å². The zero-order chi connectivity index (χ0) is 55.8. The van der Waals surface area contributed by atoms with Gasteiger partial charge in [0.15, 0.2) is 0 Å². The van der Waals surface area contributed by atoms with Crippen LogP contribution in [0.5, 0.6) is 0 Å². The van der Waals surface area contributed by atoms with Crippen molar-refractivity contribution in [1.29, 1.82) is 10.5 Å². The number of nitrogens with zero attached hydrogens (tertiary/aromatic N) is 6. The van der Waals surface area contributed by atoms with Gasteiger partial charge in [-0.2, -0.15) is 36.9 Å². The molecule has 0 aliphatic heterocycles. The minimum Gasteiger partial charge on any atom is -0.309 e. The van der Waals surface area contributed by atoms with Crippen molar-refractivity contribution in [3.63, 3.8) is 0 Å². The van der Waals surface area contributed by atoms with Gasteiger partial charge < -0.3 is 18.3 Å². The number of aromatic nitrogens is 4. The van der Waals surface area contributed by atoms with Crippen molar-refractivity contribution in [3.8, 4) is 57.1 Å². The molecule has 0 N–H and O–H groups in total. The van der Waals surface area contributed by atoms with E-state index in [2.05, 4.69) is 69.8 Å². The molecule has 0 unspecified atom stereocenters. The normalized spacial score (nSPS) is 12.2. The lowest BCUT2D eigenvalue weighted by Crippen LogP contribution is -2.11. The smallest absolute Gasteiger partial charge is 0.309 e. The van der Waals surface area contributed by atoms with E-state index in [1.807, 2.05) is 108 Å². The first-order chi connectivity index (χ1) is 39.9. The molecule has 12 heteroatoms. The Kier molecular flexibility index (Phi) is 10.5. The molecular formula is C70H38F6N6. The van der Waals surface area contributed by atoms with E-state index in [9.17, 15) is 36.9 Å². The van der Waals surface area contributed by atoms with Gasteiger partial charge in [0.1, 0.15) is 12.1 Å². The third-order valence-electron chi connectivity index (χ3n) is 16.1. The molecule has 6 nitrogen and oxygen atoms in total. The minimum atomic E-state index is -4.69. The fourth-order valence-electron chi connectivity index (χ4n) is 12.7. The van der Waals surface area contributed by atoms with Gasteiger partial charge in [-0.15, -0.1) is 0 Å². The van der Waals surface area contributed by atoms with E-state index in [-0.39, 0.29) is 27.6 Å². The van der Waals surface area contributed by atoms with Gasteiger partial charge in [-0.1, -0.05) is 133 Å². The van der Waals surface area contributed by atoms with Crippen LogP contribution in [0.1, 0.15) is 22.3 Å². The van der Waals surface area contributed by atoms with Crippen molar-refractivity contribution < 1.29 is 26.3 Å². The van der Waals surface area contributed by atoms with Crippen LogP contribution in [0.3, 0.4) is 0 Å². The summed E-state index contributed by atoms with van der Waals surface area (Å²) in [5.74, 6) is 0. The van der Waals surface area contributed by atoms with Crippen LogP contribution in [0.4, 0.5) is 26.3 Å². The van der Waals surface area contributed by atoms with Crippen LogP contribution in [0.15, 0.2) is 231 Å². The number of rotatable bonds is 6. The molecule has 15 aromatic rings. The van der Waals surface area contributed by atoms with Gasteiger partial charge in [-0.05, 0) is 108 Å². The zero-order valence-electron chi connectivity index (χ0n) is 42.9. The Bertz CT molecular complexity index is 4970. The maximum absolute atomic E-state index is 14.8. The molecule has 0 bridgehead atoms. The molecule has 82 heavy (non-hydrogen) atoms. The average Bonchev–Trinajstić information content (AvgIpc) is 1.92. The van der Waals surface area contributed by atoms with Crippen LogP contribution in [0.25, 0.3) is 132 Å². The molecule has 0 aliphatic carbocycles. The lowest BCUT2D eigenvalue weighted by Gasteiger charge is -2.25. The van der Waals surface area contributed by atoms with Gasteiger partial charge in [-0.3, -0.25) is 0 Å². The van der Waals surface area contributed by atoms with Gasteiger partial charge in [0.25, 0.3) is 0 Å². The zero-order valence-corrected chi connectivity index (χ0v) is 42.9. The predicted octanol–water partition coefficient (Wildman–Crippen LogP) is 19.2. The molecule has 4 heterocycles. The number of hydrogen-bond donors (Lipinski definition) is 0. The highest BCUT2D eigenvalue weighted by molar-refractivity contribution is 6.15. The summed E-state index contributed by atoms with van der Waals surface area (Å²) in [5.41, 5.74) is 7.50. The topological polar surface area (TPSA) is 67.3 Å². The second kappa shape index (κ2) is 17.8. The highest BCUT2D eigenvalue weighted by Gasteiger charge is 2.36. The van der Waals surface area contributed by atoms with Crippen molar-refractivity contribution in [2.45, 2.75) is 12.4 Å². The minimum absolute atomic E-state index is 0.00204. The molecular weight excluding hydrogens is 1040 g/mol. The van der Waals surface area contributed by atoms with Crippen LogP contribution < -0.4 is 0 Å². The fraction of sp³-hybridized carbons (Fsp3) is 0.0286. The molecule has 0 aliphatic rings. The number of nitriles is 2. The number of alkyl halides is 6. The highest BCUT2D eigenvalue weighted by Crippen LogP contribution is 2.50. The second-order valence-electron chi connectivity index (χ2n) is 20.4. The molecule has 0 atom stereocenters. The monoisotopic (exact) mass is 1080 g/mol. The maximum atomic E-state index is 14.8. The number of benzene rings is 11. The van der Waals surface area contributed by atoms with Crippen molar-refractivity contribution in [2.24, 2.45) is 0 Å². The summed E-state index contributed by atoms with van der Waals surface area (Å²) in [5, 5.41) is 29.9. The Morgan fingerprint density at radius 3 is 0.854 bits per heavy atom. The quantitative estimate of drug-likeness (QED) is 0.156. The summed E-state index contributed by atoms with van der Waals surface area (Å²) in [4.78, 5) is 0. The van der Waals surface area contributed by atoms with E-state index in [0.29, 0.717) is 60.8 Å². The average molecular weight is 1080 g/mol. The van der Waals surface area contributed by atoms with Gasteiger partial charge in [0.2, 0.25) is 0 Å². The molecule has 0 saturated carbocycles. The maximum Gasteiger partial charge on any atom is 0.416 e. The molecule has 0 fully saturated rings. The predicted molar refractivity (Wildman–Crippen MR) is 314 cm³/mol. The van der Waals surface area contributed by atoms with E-state index < -0.39 is 23.5 Å². The largest absolute Gasteiger partial charge is 0.416 e. The summed E-state index contributed by atoms with van der Waals surface area (Å²) >= 11 is 0. The van der Waals surface area contributed by atoms with Crippen LogP contribution in [-0.2, 0) is 12.4 Å². The van der Waals surface area contributed by atoms with E-state index in [4.69, 9.17) is 0 Å². The first-order valence-corrected chi connectivity index (χ1v) is 26.3. The number of para-hydroxylation sites is 6. The Hall–Kier alpha value is -10.8. The first kappa shape index (κ1) is 48.3. The molecule has 11 aromatic carbocycles. The summed E-state index contributed by atoms with van der Waals surface area (Å²) in [6.07, 6.45) is -9.37. The lowest BCUT2D eigenvalue weighted by molar-refractivity contribution is -0.138. The van der Waals surface area contributed by atoms with Crippen molar-refractivity contribution in [3.05, 3.63) is 253 Å². The third kappa shape index (κ3) is 7.08. The Morgan fingerprint density at radius 1 is 0.280 bits per heavy atom. The molecule has 15 rings (SSSR count). The SMILES string of the molecule is N#Cc1c(-c2ccc(-n3c4ccccc4c4ccccc43)cc2)c(-n2c3ccccc3c3cc(C(F)(F)F)ccc32)c(-c2ccc(-n3c4ccccc4c4ccccc43)cc2)c(C#N)c1-n1c2ccccc2c2cc(C(F)(F)F)ccc21. The van der Waals surface area contributed by atoms with E-state index in [1.54, 1.807) is 47.0 Å².